The van der Waals surface area contributed by atoms with E-state index < -0.39 is 0 Å². The second kappa shape index (κ2) is 9.61. The van der Waals surface area contributed by atoms with Crippen LogP contribution in [0.2, 0.25) is 0 Å². The number of nitrogens with one attached hydrogen (secondary N) is 1. The molecule has 0 bridgehead atoms. The lowest BCUT2D eigenvalue weighted by atomic mass is 10.1. The van der Waals surface area contributed by atoms with Crippen molar-refractivity contribution >= 4 is 16.9 Å². The van der Waals surface area contributed by atoms with Gasteiger partial charge in [0.15, 0.2) is 12.4 Å². The van der Waals surface area contributed by atoms with E-state index in [4.69, 9.17) is 13.9 Å². The Balaban J connectivity index is 1.67. The third kappa shape index (κ3) is 4.90. The molecule has 0 saturated heterocycles. The molecular formula is C27H25NO5. The number of methoxy groups -OCH3 is 1. The number of ether oxygens (including phenoxy) is 2. The first kappa shape index (κ1) is 22.1. The summed E-state index contributed by atoms with van der Waals surface area (Å²) in [6.45, 7) is 3.88. The maximum atomic E-state index is 13.4. The van der Waals surface area contributed by atoms with Crippen molar-refractivity contribution in [2.75, 3.05) is 13.7 Å². The first-order chi connectivity index (χ1) is 16.0. The lowest BCUT2D eigenvalue weighted by molar-refractivity contribution is -0.123. The Labute approximate surface area is 191 Å². The molecule has 33 heavy (non-hydrogen) atoms. The topological polar surface area (TPSA) is 77.8 Å². The molecule has 1 aromatic heterocycles. The number of carbonyl (C=O) groups excluding carboxylic acids is 1. The summed E-state index contributed by atoms with van der Waals surface area (Å²) in [7, 11) is 1.58. The van der Waals surface area contributed by atoms with Gasteiger partial charge in [0.1, 0.15) is 11.3 Å². The van der Waals surface area contributed by atoms with Crippen LogP contribution in [-0.4, -0.2) is 19.6 Å². The summed E-state index contributed by atoms with van der Waals surface area (Å²) in [4.78, 5) is 25.8. The third-order valence-electron chi connectivity index (χ3n) is 5.31. The van der Waals surface area contributed by atoms with Crippen LogP contribution in [0.25, 0.3) is 22.3 Å². The fraction of sp³-hybridized carbons (Fsp3) is 0.185. The van der Waals surface area contributed by atoms with Gasteiger partial charge in [-0.1, -0.05) is 36.4 Å². The molecule has 1 amide bonds. The lowest BCUT2D eigenvalue weighted by Crippen LogP contribution is -2.29. The number of aryl methyl sites for hydroxylation is 2. The van der Waals surface area contributed by atoms with E-state index in [1.165, 1.54) is 0 Å². The van der Waals surface area contributed by atoms with Crippen molar-refractivity contribution in [2.45, 2.75) is 20.4 Å². The number of hydrogen-bond acceptors (Lipinski definition) is 5. The second-order valence-electron chi connectivity index (χ2n) is 7.83. The van der Waals surface area contributed by atoms with Gasteiger partial charge in [-0.05, 0) is 60.9 Å². The zero-order valence-electron chi connectivity index (χ0n) is 18.8. The van der Waals surface area contributed by atoms with E-state index in [0.29, 0.717) is 28.8 Å². The quantitative estimate of drug-likeness (QED) is 0.445. The van der Waals surface area contributed by atoms with Crippen LogP contribution < -0.4 is 20.2 Å². The Morgan fingerprint density at radius 3 is 2.42 bits per heavy atom. The van der Waals surface area contributed by atoms with E-state index in [1.54, 1.807) is 37.4 Å². The molecule has 168 valence electrons. The highest BCUT2D eigenvalue weighted by Crippen LogP contribution is 2.33. The zero-order chi connectivity index (χ0) is 23.4. The maximum Gasteiger partial charge on any atom is 0.258 e. The molecule has 0 aliphatic rings. The molecule has 0 radical (unpaired) electrons. The van der Waals surface area contributed by atoms with Crippen molar-refractivity contribution in [3.63, 3.8) is 0 Å². The van der Waals surface area contributed by atoms with Gasteiger partial charge in [-0.3, -0.25) is 9.59 Å². The normalized spacial score (nSPS) is 10.8. The fourth-order valence-corrected chi connectivity index (χ4v) is 3.68. The summed E-state index contributed by atoms with van der Waals surface area (Å²) in [6, 6.07) is 20.4. The second-order valence-corrected chi connectivity index (χ2v) is 7.83. The number of amides is 1. The van der Waals surface area contributed by atoms with E-state index in [-0.39, 0.29) is 29.5 Å². The van der Waals surface area contributed by atoms with Crippen LogP contribution in [0.1, 0.15) is 16.7 Å². The largest absolute Gasteiger partial charge is 0.497 e. The van der Waals surface area contributed by atoms with Crippen molar-refractivity contribution in [3.8, 4) is 22.8 Å². The first-order valence-electron chi connectivity index (χ1n) is 10.6. The maximum absolute atomic E-state index is 13.4. The van der Waals surface area contributed by atoms with Crippen molar-refractivity contribution in [3.05, 3.63) is 93.6 Å². The molecule has 4 rings (SSSR count). The van der Waals surface area contributed by atoms with Gasteiger partial charge in [-0.25, -0.2) is 0 Å². The van der Waals surface area contributed by atoms with Gasteiger partial charge in [-0.2, -0.15) is 0 Å². The van der Waals surface area contributed by atoms with Crippen molar-refractivity contribution in [1.82, 2.24) is 5.32 Å². The SMILES string of the molecule is COc1ccc(-c2oc3c(C)cc(C)cc3c(=O)c2OCC(=O)NCc2ccccc2)cc1. The molecule has 0 aliphatic carbocycles. The highest BCUT2D eigenvalue weighted by Gasteiger charge is 2.20. The molecule has 0 saturated carbocycles. The molecule has 0 atom stereocenters. The summed E-state index contributed by atoms with van der Waals surface area (Å²) >= 11 is 0. The smallest absolute Gasteiger partial charge is 0.258 e. The first-order valence-corrected chi connectivity index (χ1v) is 10.6. The highest BCUT2D eigenvalue weighted by atomic mass is 16.5. The molecule has 1 heterocycles. The summed E-state index contributed by atoms with van der Waals surface area (Å²) in [5.41, 5.74) is 3.59. The molecule has 6 heteroatoms. The van der Waals surface area contributed by atoms with E-state index in [9.17, 15) is 9.59 Å². The standard InChI is InChI=1S/C27H25NO5/c1-17-13-18(2)25-22(14-17)24(30)27(26(33-25)20-9-11-21(31-3)12-10-20)32-16-23(29)28-15-19-7-5-4-6-8-19/h4-14H,15-16H2,1-3H3,(H,28,29). The molecule has 3 aromatic carbocycles. The minimum atomic E-state index is -0.334. The summed E-state index contributed by atoms with van der Waals surface area (Å²) in [6.07, 6.45) is 0. The lowest BCUT2D eigenvalue weighted by Gasteiger charge is -2.13. The number of fused-ring (bicyclic) bond motifs is 1. The predicted molar refractivity (Wildman–Crippen MR) is 128 cm³/mol. The van der Waals surface area contributed by atoms with E-state index in [2.05, 4.69) is 5.32 Å². The highest BCUT2D eigenvalue weighted by molar-refractivity contribution is 5.85. The van der Waals surface area contributed by atoms with Crippen LogP contribution >= 0.6 is 0 Å². The van der Waals surface area contributed by atoms with Crippen LogP contribution in [0.15, 0.2) is 75.9 Å². The number of rotatable bonds is 7. The van der Waals surface area contributed by atoms with Gasteiger partial charge in [0.2, 0.25) is 11.2 Å². The van der Waals surface area contributed by atoms with Gasteiger partial charge >= 0.3 is 0 Å². The Morgan fingerprint density at radius 2 is 1.73 bits per heavy atom. The van der Waals surface area contributed by atoms with Gasteiger partial charge in [0.05, 0.1) is 12.5 Å². The minimum absolute atomic E-state index is 0.00697. The Hall–Kier alpha value is -4.06. The number of benzene rings is 3. The summed E-state index contributed by atoms with van der Waals surface area (Å²) in [5.74, 6) is 0.626. The van der Waals surface area contributed by atoms with Gasteiger partial charge in [-0.15, -0.1) is 0 Å². The molecule has 4 aromatic rings. The van der Waals surface area contributed by atoms with Crippen LogP contribution in [0.5, 0.6) is 11.5 Å². The van der Waals surface area contributed by atoms with Gasteiger partial charge in [0.25, 0.3) is 5.91 Å². The van der Waals surface area contributed by atoms with Gasteiger partial charge in [0, 0.05) is 12.1 Å². The average molecular weight is 443 g/mol. The fourth-order valence-electron chi connectivity index (χ4n) is 3.68. The summed E-state index contributed by atoms with van der Waals surface area (Å²) in [5, 5.41) is 3.23. The molecule has 0 spiro atoms. The molecule has 0 unspecified atom stereocenters. The number of carbonyl (C=O) groups is 1. The Bertz CT molecular complexity index is 1340. The summed E-state index contributed by atoms with van der Waals surface area (Å²) < 4.78 is 17.2. The van der Waals surface area contributed by atoms with E-state index in [1.807, 2.05) is 50.2 Å². The Kier molecular flexibility index (Phi) is 6.45. The van der Waals surface area contributed by atoms with Crippen LogP contribution in [0, 0.1) is 13.8 Å². The van der Waals surface area contributed by atoms with Crippen LogP contribution in [-0.2, 0) is 11.3 Å². The Morgan fingerprint density at radius 1 is 1.00 bits per heavy atom. The van der Waals surface area contributed by atoms with Crippen molar-refractivity contribution in [1.29, 1.82) is 0 Å². The molecule has 0 aliphatic heterocycles. The van der Waals surface area contributed by atoms with E-state index >= 15 is 0 Å². The van der Waals surface area contributed by atoms with Crippen molar-refractivity contribution in [2.24, 2.45) is 0 Å². The minimum Gasteiger partial charge on any atom is -0.497 e. The van der Waals surface area contributed by atoms with Crippen LogP contribution in [0.3, 0.4) is 0 Å². The molecular weight excluding hydrogens is 418 g/mol. The van der Waals surface area contributed by atoms with Crippen LogP contribution in [0.4, 0.5) is 0 Å². The predicted octanol–water partition coefficient (Wildman–Crippen LogP) is 4.78. The molecule has 0 fully saturated rings. The monoisotopic (exact) mass is 443 g/mol. The third-order valence-corrected chi connectivity index (χ3v) is 5.31. The van der Waals surface area contributed by atoms with Crippen molar-refractivity contribution < 1.29 is 18.7 Å². The molecule has 6 nitrogen and oxygen atoms in total. The average Bonchev–Trinajstić information content (AvgIpc) is 2.83. The van der Waals surface area contributed by atoms with Gasteiger partial charge < -0.3 is 19.2 Å². The number of hydrogen-bond donors (Lipinski definition) is 1. The zero-order valence-corrected chi connectivity index (χ0v) is 18.8. The molecule has 1 N–H and O–H groups in total. The van der Waals surface area contributed by atoms with E-state index in [0.717, 1.165) is 16.7 Å².